The summed E-state index contributed by atoms with van der Waals surface area (Å²) in [5.74, 6) is -0.555. The van der Waals surface area contributed by atoms with Gasteiger partial charge in [-0.1, -0.05) is 24.3 Å². The van der Waals surface area contributed by atoms with Gasteiger partial charge in [-0.25, -0.2) is 12.8 Å². The minimum Gasteiger partial charge on any atom is -0.312 e. The standard InChI is InChI=1S/C20H21FN2O3S/c1-15-5-2-3-8-18(15)23-14-20(12-19(23)24)9-10-22(13-20)27(25,26)17-7-4-6-16(21)11-17/h2-8,11H,9-10,12-14H2,1H3. The van der Waals surface area contributed by atoms with Crippen molar-refractivity contribution in [1.29, 1.82) is 0 Å². The second kappa shape index (κ2) is 6.42. The molecule has 0 bridgehead atoms. The van der Waals surface area contributed by atoms with Crippen molar-refractivity contribution < 1.29 is 17.6 Å². The topological polar surface area (TPSA) is 57.7 Å². The van der Waals surface area contributed by atoms with Crippen molar-refractivity contribution in [2.45, 2.75) is 24.7 Å². The lowest BCUT2D eigenvalue weighted by atomic mass is 9.86. The van der Waals surface area contributed by atoms with Gasteiger partial charge in [0.15, 0.2) is 0 Å². The highest BCUT2D eigenvalue weighted by Crippen LogP contribution is 2.43. The average Bonchev–Trinajstić information content (AvgIpc) is 3.19. The number of para-hydroxylation sites is 1. The van der Waals surface area contributed by atoms with Gasteiger partial charge >= 0.3 is 0 Å². The maximum atomic E-state index is 13.5. The summed E-state index contributed by atoms with van der Waals surface area (Å²) in [6, 6.07) is 12.8. The molecule has 4 rings (SSSR count). The molecule has 2 aliphatic rings. The molecule has 5 nitrogen and oxygen atoms in total. The Morgan fingerprint density at radius 3 is 2.59 bits per heavy atom. The lowest BCUT2D eigenvalue weighted by Crippen LogP contribution is -2.34. The van der Waals surface area contributed by atoms with Crippen LogP contribution in [0, 0.1) is 18.2 Å². The number of nitrogens with zero attached hydrogens (tertiary/aromatic N) is 2. The number of rotatable bonds is 3. The summed E-state index contributed by atoms with van der Waals surface area (Å²) in [6.45, 7) is 3.09. The van der Waals surface area contributed by atoms with Crippen LogP contribution in [0.4, 0.5) is 10.1 Å². The van der Waals surface area contributed by atoms with Gasteiger partial charge in [0, 0.05) is 37.2 Å². The van der Waals surface area contributed by atoms with Crippen LogP contribution in [0.15, 0.2) is 53.4 Å². The Kier molecular flexibility index (Phi) is 4.31. The predicted octanol–water partition coefficient (Wildman–Crippen LogP) is 2.95. The van der Waals surface area contributed by atoms with Crippen LogP contribution < -0.4 is 4.90 Å². The van der Waals surface area contributed by atoms with Crippen LogP contribution in [-0.4, -0.2) is 38.3 Å². The summed E-state index contributed by atoms with van der Waals surface area (Å²) in [5.41, 5.74) is 1.51. The molecule has 0 saturated carbocycles. The van der Waals surface area contributed by atoms with Gasteiger partial charge in [-0.2, -0.15) is 4.31 Å². The smallest absolute Gasteiger partial charge is 0.243 e. The molecule has 27 heavy (non-hydrogen) atoms. The number of sulfonamides is 1. The van der Waals surface area contributed by atoms with E-state index in [1.165, 1.54) is 22.5 Å². The SMILES string of the molecule is Cc1ccccc1N1CC2(CCN(S(=O)(=O)c3cccc(F)c3)C2)CC1=O. The van der Waals surface area contributed by atoms with Gasteiger partial charge in [0.05, 0.1) is 4.90 Å². The maximum Gasteiger partial charge on any atom is 0.243 e. The van der Waals surface area contributed by atoms with E-state index in [0.29, 0.717) is 25.9 Å². The van der Waals surface area contributed by atoms with E-state index in [1.54, 1.807) is 4.90 Å². The minimum atomic E-state index is -3.77. The lowest BCUT2D eigenvalue weighted by Gasteiger charge is -2.25. The van der Waals surface area contributed by atoms with Crippen LogP contribution in [0.2, 0.25) is 0 Å². The van der Waals surface area contributed by atoms with Crippen molar-refractivity contribution in [2.24, 2.45) is 5.41 Å². The molecule has 0 aromatic heterocycles. The number of amides is 1. The van der Waals surface area contributed by atoms with Gasteiger partial charge in [0.25, 0.3) is 0 Å². The highest BCUT2D eigenvalue weighted by Gasteiger charge is 2.50. The van der Waals surface area contributed by atoms with E-state index in [-0.39, 0.29) is 22.8 Å². The monoisotopic (exact) mass is 388 g/mol. The highest BCUT2D eigenvalue weighted by molar-refractivity contribution is 7.89. The number of carbonyl (C=O) groups excluding carboxylic acids is 1. The summed E-state index contributed by atoms with van der Waals surface area (Å²) in [7, 11) is -3.77. The Morgan fingerprint density at radius 2 is 1.85 bits per heavy atom. The average molecular weight is 388 g/mol. The molecule has 2 aromatic carbocycles. The summed E-state index contributed by atoms with van der Waals surface area (Å²) in [5, 5.41) is 0. The van der Waals surface area contributed by atoms with E-state index in [1.807, 2.05) is 31.2 Å². The van der Waals surface area contributed by atoms with Gasteiger partial charge in [0.2, 0.25) is 15.9 Å². The normalized spacial score (nSPS) is 23.5. The first-order chi connectivity index (χ1) is 12.8. The summed E-state index contributed by atoms with van der Waals surface area (Å²) < 4.78 is 40.6. The van der Waals surface area contributed by atoms with Crippen molar-refractivity contribution in [3.63, 3.8) is 0 Å². The molecule has 1 spiro atoms. The molecule has 2 saturated heterocycles. The fourth-order valence-electron chi connectivity index (χ4n) is 4.13. The molecular weight excluding hydrogens is 367 g/mol. The first-order valence-corrected chi connectivity index (χ1v) is 10.4. The Labute approximate surface area is 158 Å². The molecule has 0 N–H and O–H groups in total. The van der Waals surface area contributed by atoms with Gasteiger partial charge < -0.3 is 4.90 Å². The van der Waals surface area contributed by atoms with E-state index >= 15 is 0 Å². The second-order valence-corrected chi connectivity index (χ2v) is 9.43. The first kappa shape index (κ1) is 18.1. The molecule has 7 heteroatoms. The van der Waals surface area contributed by atoms with Crippen LogP contribution >= 0.6 is 0 Å². The van der Waals surface area contributed by atoms with Crippen LogP contribution in [0.3, 0.4) is 0 Å². The lowest BCUT2D eigenvalue weighted by molar-refractivity contribution is -0.117. The number of carbonyl (C=O) groups is 1. The Morgan fingerprint density at radius 1 is 1.07 bits per heavy atom. The van der Waals surface area contributed by atoms with Gasteiger partial charge in [-0.05, 0) is 43.2 Å². The number of halogens is 1. The molecule has 2 heterocycles. The number of anilines is 1. The minimum absolute atomic E-state index is 0.0225. The molecular formula is C20H21FN2O3S. The molecule has 142 valence electrons. The summed E-state index contributed by atoms with van der Waals surface area (Å²) in [4.78, 5) is 14.4. The van der Waals surface area contributed by atoms with Gasteiger partial charge in [-0.3, -0.25) is 4.79 Å². The molecule has 1 amide bonds. The van der Waals surface area contributed by atoms with Crippen molar-refractivity contribution >= 4 is 21.6 Å². The first-order valence-electron chi connectivity index (χ1n) is 8.93. The van der Waals surface area contributed by atoms with Crippen molar-refractivity contribution in [1.82, 2.24) is 4.31 Å². The number of hydrogen-bond acceptors (Lipinski definition) is 3. The van der Waals surface area contributed by atoms with Crippen LogP contribution in [-0.2, 0) is 14.8 Å². The molecule has 2 aromatic rings. The molecule has 0 radical (unpaired) electrons. The third-order valence-electron chi connectivity index (χ3n) is 5.56. The van der Waals surface area contributed by atoms with E-state index in [9.17, 15) is 17.6 Å². The molecule has 1 unspecified atom stereocenters. The van der Waals surface area contributed by atoms with E-state index in [4.69, 9.17) is 0 Å². The van der Waals surface area contributed by atoms with Crippen LogP contribution in [0.25, 0.3) is 0 Å². The quantitative estimate of drug-likeness (QED) is 0.812. The van der Waals surface area contributed by atoms with E-state index in [2.05, 4.69) is 0 Å². The number of hydrogen-bond donors (Lipinski definition) is 0. The predicted molar refractivity (Wildman–Crippen MR) is 100 cm³/mol. The summed E-state index contributed by atoms with van der Waals surface area (Å²) in [6.07, 6.45) is 0.951. The molecule has 2 aliphatic heterocycles. The Balaban J connectivity index is 1.58. The van der Waals surface area contributed by atoms with Crippen LogP contribution in [0.1, 0.15) is 18.4 Å². The largest absolute Gasteiger partial charge is 0.312 e. The van der Waals surface area contributed by atoms with Crippen molar-refractivity contribution in [3.05, 3.63) is 59.9 Å². The van der Waals surface area contributed by atoms with Gasteiger partial charge in [-0.15, -0.1) is 0 Å². The molecule has 1 atom stereocenters. The number of benzene rings is 2. The molecule has 0 aliphatic carbocycles. The zero-order valence-electron chi connectivity index (χ0n) is 15.1. The summed E-state index contributed by atoms with van der Waals surface area (Å²) >= 11 is 0. The maximum absolute atomic E-state index is 13.5. The number of aryl methyl sites for hydroxylation is 1. The van der Waals surface area contributed by atoms with E-state index < -0.39 is 15.8 Å². The third kappa shape index (κ3) is 3.15. The van der Waals surface area contributed by atoms with Crippen molar-refractivity contribution in [2.75, 3.05) is 24.5 Å². The second-order valence-electron chi connectivity index (χ2n) is 7.49. The van der Waals surface area contributed by atoms with E-state index in [0.717, 1.165) is 17.3 Å². The zero-order chi connectivity index (χ0) is 19.2. The van der Waals surface area contributed by atoms with Crippen LogP contribution in [0.5, 0.6) is 0 Å². The van der Waals surface area contributed by atoms with Gasteiger partial charge in [0.1, 0.15) is 5.82 Å². The highest BCUT2D eigenvalue weighted by atomic mass is 32.2. The Hall–Kier alpha value is -2.25. The Bertz CT molecular complexity index is 1010. The fourth-order valence-corrected chi connectivity index (χ4v) is 5.72. The third-order valence-corrected chi connectivity index (χ3v) is 7.41. The molecule has 2 fully saturated rings. The van der Waals surface area contributed by atoms with Crippen molar-refractivity contribution in [3.8, 4) is 0 Å². The fraction of sp³-hybridized carbons (Fsp3) is 0.350. The zero-order valence-corrected chi connectivity index (χ0v) is 15.9.